The van der Waals surface area contributed by atoms with Crippen molar-refractivity contribution in [2.24, 2.45) is 0 Å². The van der Waals surface area contributed by atoms with E-state index in [1.807, 2.05) is 0 Å². The fourth-order valence-electron chi connectivity index (χ4n) is 1.40. The number of halogens is 4. The van der Waals surface area contributed by atoms with E-state index in [0.29, 0.717) is 23.1 Å². The van der Waals surface area contributed by atoms with Gasteiger partial charge in [0.1, 0.15) is 5.75 Å². The number of alkyl halides is 3. The van der Waals surface area contributed by atoms with E-state index in [-0.39, 0.29) is 18.1 Å². The van der Waals surface area contributed by atoms with Gasteiger partial charge >= 0.3 is 12.3 Å². The van der Waals surface area contributed by atoms with E-state index in [1.54, 1.807) is 6.92 Å². The number of carbonyl (C=O) groups is 1. The first-order chi connectivity index (χ1) is 8.81. The monoisotopic (exact) mass is 340 g/mol. The Morgan fingerprint density at radius 1 is 1.37 bits per heavy atom. The van der Waals surface area contributed by atoms with Crippen molar-refractivity contribution in [3.8, 4) is 5.75 Å². The van der Waals surface area contributed by atoms with Crippen LogP contribution < -0.4 is 4.74 Å². The van der Waals surface area contributed by atoms with Gasteiger partial charge in [0.05, 0.1) is 6.61 Å². The summed E-state index contributed by atoms with van der Waals surface area (Å²) in [6.07, 6.45) is -4.16. The van der Waals surface area contributed by atoms with E-state index in [4.69, 9.17) is 4.74 Å². The second kappa shape index (κ2) is 6.79. The van der Waals surface area contributed by atoms with E-state index in [9.17, 15) is 18.0 Å². The summed E-state index contributed by atoms with van der Waals surface area (Å²) < 4.78 is 45.0. The smallest absolute Gasteiger partial charge is 0.466 e. The van der Waals surface area contributed by atoms with Gasteiger partial charge in [-0.25, -0.2) is 0 Å². The summed E-state index contributed by atoms with van der Waals surface area (Å²) in [5.41, 5.74) is 0.711. The van der Waals surface area contributed by atoms with Crippen LogP contribution in [-0.2, 0) is 16.0 Å². The highest BCUT2D eigenvalue weighted by atomic mass is 79.9. The fraction of sp³-hybridized carbons (Fsp3) is 0.417. The molecule has 0 spiro atoms. The van der Waals surface area contributed by atoms with Crippen molar-refractivity contribution < 1.29 is 27.4 Å². The van der Waals surface area contributed by atoms with Crippen molar-refractivity contribution in [1.82, 2.24) is 0 Å². The third-order valence-electron chi connectivity index (χ3n) is 2.16. The zero-order valence-electron chi connectivity index (χ0n) is 10.1. The van der Waals surface area contributed by atoms with Crippen molar-refractivity contribution >= 4 is 21.9 Å². The molecule has 0 amide bonds. The van der Waals surface area contributed by atoms with Crippen LogP contribution in [0.4, 0.5) is 13.2 Å². The fourth-order valence-corrected chi connectivity index (χ4v) is 1.95. The van der Waals surface area contributed by atoms with Crippen LogP contribution in [0.2, 0.25) is 0 Å². The summed E-state index contributed by atoms with van der Waals surface area (Å²) in [5.74, 6) is -0.649. The standard InChI is InChI=1S/C12H12BrF3O3/c1-2-18-11(17)6-4-8-3-5-9(7-10(8)13)19-12(14,15)16/h3,5,7H,2,4,6H2,1H3. The Kier molecular flexibility index (Phi) is 5.65. The number of hydrogen-bond acceptors (Lipinski definition) is 3. The third kappa shape index (κ3) is 5.96. The molecule has 0 bridgehead atoms. The molecule has 19 heavy (non-hydrogen) atoms. The van der Waals surface area contributed by atoms with E-state index < -0.39 is 6.36 Å². The molecule has 1 aromatic rings. The Morgan fingerprint density at radius 2 is 2.05 bits per heavy atom. The number of ether oxygens (including phenoxy) is 2. The molecule has 0 atom stereocenters. The lowest BCUT2D eigenvalue weighted by Crippen LogP contribution is -2.17. The molecular formula is C12H12BrF3O3. The normalized spacial score (nSPS) is 11.2. The van der Waals surface area contributed by atoms with Gasteiger partial charge in [0.25, 0.3) is 0 Å². The summed E-state index contributed by atoms with van der Waals surface area (Å²) in [5, 5.41) is 0. The van der Waals surface area contributed by atoms with Crippen LogP contribution >= 0.6 is 15.9 Å². The van der Waals surface area contributed by atoms with Crippen LogP contribution in [0.25, 0.3) is 0 Å². The van der Waals surface area contributed by atoms with Gasteiger partial charge in [0.2, 0.25) is 0 Å². The quantitative estimate of drug-likeness (QED) is 0.764. The Morgan fingerprint density at radius 3 is 2.58 bits per heavy atom. The van der Waals surface area contributed by atoms with Crippen LogP contribution in [0.1, 0.15) is 18.9 Å². The molecular weight excluding hydrogens is 329 g/mol. The average molecular weight is 341 g/mol. The Hall–Kier alpha value is -1.24. The first-order valence-corrected chi connectivity index (χ1v) is 6.31. The number of rotatable bonds is 5. The summed E-state index contributed by atoms with van der Waals surface area (Å²) in [4.78, 5) is 11.2. The van der Waals surface area contributed by atoms with Gasteiger partial charge < -0.3 is 9.47 Å². The highest BCUT2D eigenvalue weighted by Crippen LogP contribution is 2.28. The molecule has 0 aliphatic carbocycles. The molecule has 0 aliphatic heterocycles. The van der Waals surface area contributed by atoms with Crippen molar-refractivity contribution in [2.75, 3.05) is 6.61 Å². The van der Waals surface area contributed by atoms with Gasteiger partial charge in [-0.3, -0.25) is 4.79 Å². The molecule has 7 heteroatoms. The summed E-state index contributed by atoms with van der Waals surface area (Å²) in [7, 11) is 0. The minimum Gasteiger partial charge on any atom is -0.466 e. The molecule has 0 aromatic heterocycles. The first-order valence-electron chi connectivity index (χ1n) is 5.51. The molecule has 0 saturated heterocycles. The van der Waals surface area contributed by atoms with E-state index in [0.717, 1.165) is 0 Å². The summed E-state index contributed by atoms with van der Waals surface area (Å²) >= 11 is 3.14. The molecule has 0 saturated carbocycles. The molecule has 3 nitrogen and oxygen atoms in total. The number of hydrogen-bond donors (Lipinski definition) is 0. The Labute approximate surface area is 116 Å². The SMILES string of the molecule is CCOC(=O)CCc1ccc(OC(F)(F)F)cc1Br. The molecule has 0 radical (unpaired) electrons. The maximum absolute atomic E-state index is 12.0. The number of aryl methyl sites for hydroxylation is 1. The van der Waals surface area contributed by atoms with Gasteiger partial charge in [-0.2, -0.15) is 0 Å². The number of esters is 1. The zero-order valence-corrected chi connectivity index (χ0v) is 11.7. The van der Waals surface area contributed by atoms with Crippen molar-refractivity contribution in [2.45, 2.75) is 26.1 Å². The minimum atomic E-state index is -4.72. The Bertz CT molecular complexity index is 446. The second-order valence-electron chi connectivity index (χ2n) is 3.61. The van der Waals surface area contributed by atoms with Gasteiger partial charge in [-0.1, -0.05) is 22.0 Å². The van der Waals surface area contributed by atoms with Crippen molar-refractivity contribution in [1.29, 1.82) is 0 Å². The minimum absolute atomic E-state index is 0.173. The maximum Gasteiger partial charge on any atom is 0.573 e. The Balaban J connectivity index is 2.64. The van der Waals surface area contributed by atoms with Gasteiger partial charge in [-0.05, 0) is 31.0 Å². The summed E-state index contributed by atoms with van der Waals surface area (Å²) in [6.45, 7) is 2.01. The topological polar surface area (TPSA) is 35.5 Å². The molecule has 0 heterocycles. The van der Waals surface area contributed by atoms with E-state index >= 15 is 0 Å². The van der Waals surface area contributed by atoms with E-state index in [1.165, 1.54) is 18.2 Å². The molecule has 0 fully saturated rings. The van der Waals surface area contributed by atoms with Gasteiger partial charge in [0, 0.05) is 10.9 Å². The average Bonchev–Trinajstić information content (AvgIpc) is 2.26. The molecule has 1 aromatic carbocycles. The predicted octanol–water partition coefficient (Wildman–Crippen LogP) is 3.84. The lowest BCUT2D eigenvalue weighted by atomic mass is 10.1. The lowest BCUT2D eigenvalue weighted by Gasteiger charge is -2.11. The lowest BCUT2D eigenvalue weighted by molar-refractivity contribution is -0.274. The molecule has 0 unspecified atom stereocenters. The number of carbonyl (C=O) groups excluding carboxylic acids is 1. The van der Waals surface area contributed by atoms with E-state index in [2.05, 4.69) is 20.7 Å². The van der Waals surface area contributed by atoms with Crippen LogP contribution in [0, 0.1) is 0 Å². The third-order valence-corrected chi connectivity index (χ3v) is 2.90. The van der Waals surface area contributed by atoms with Crippen LogP contribution in [0.3, 0.4) is 0 Å². The van der Waals surface area contributed by atoms with Gasteiger partial charge in [-0.15, -0.1) is 13.2 Å². The van der Waals surface area contributed by atoms with Gasteiger partial charge in [0.15, 0.2) is 0 Å². The van der Waals surface area contributed by atoms with Crippen molar-refractivity contribution in [3.05, 3.63) is 28.2 Å². The first kappa shape index (κ1) is 15.8. The highest BCUT2D eigenvalue weighted by molar-refractivity contribution is 9.10. The molecule has 0 aliphatic rings. The zero-order chi connectivity index (χ0) is 14.5. The predicted molar refractivity (Wildman–Crippen MR) is 65.8 cm³/mol. The maximum atomic E-state index is 12.0. The van der Waals surface area contributed by atoms with Crippen LogP contribution in [0.15, 0.2) is 22.7 Å². The molecule has 106 valence electrons. The largest absolute Gasteiger partial charge is 0.573 e. The molecule has 1 rings (SSSR count). The second-order valence-corrected chi connectivity index (χ2v) is 4.46. The highest BCUT2D eigenvalue weighted by Gasteiger charge is 2.31. The summed E-state index contributed by atoms with van der Waals surface area (Å²) in [6, 6.07) is 3.90. The van der Waals surface area contributed by atoms with Crippen molar-refractivity contribution in [3.63, 3.8) is 0 Å². The molecule has 0 N–H and O–H groups in total. The van der Waals surface area contributed by atoms with Crippen LogP contribution in [-0.4, -0.2) is 18.9 Å². The van der Waals surface area contributed by atoms with Crippen LogP contribution in [0.5, 0.6) is 5.75 Å². The number of benzene rings is 1.